The van der Waals surface area contributed by atoms with Gasteiger partial charge >= 0.3 is 18.1 Å². The van der Waals surface area contributed by atoms with E-state index in [1.165, 1.54) is 7.11 Å². The zero-order valence-electron chi connectivity index (χ0n) is 36.0. The summed E-state index contributed by atoms with van der Waals surface area (Å²) in [6.07, 6.45) is -0.0382. The predicted molar refractivity (Wildman–Crippen MR) is 240 cm³/mol. The number of aliphatic hydroxyl groups is 1. The monoisotopic (exact) mass is 892 g/mol. The van der Waals surface area contributed by atoms with Crippen molar-refractivity contribution in [3.63, 3.8) is 0 Å². The number of rotatable bonds is 14. The number of esters is 1. The van der Waals surface area contributed by atoms with Crippen molar-refractivity contribution in [1.29, 1.82) is 0 Å². The lowest BCUT2D eigenvalue weighted by Crippen LogP contribution is -2.56. The van der Waals surface area contributed by atoms with Gasteiger partial charge in [-0.15, -0.1) is 0 Å². The van der Waals surface area contributed by atoms with E-state index in [1.807, 2.05) is 77.7 Å². The zero-order valence-corrected chi connectivity index (χ0v) is 36.0. The summed E-state index contributed by atoms with van der Waals surface area (Å²) < 4.78 is 23.6. The summed E-state index contributed by atoms with van der Waals surface area (Å²) in [7, 11) is 1.44. The fraction of sp³-hybridized carbons (Fsp3) is 0.280. The van der Waals surface area contributed by atoms with Crippen molar-refractivity contribution in [3.8, 4) is 17.6 Å². The van der Waals surface area contributed by atoms with E-state index >= 15 is 14.4 Å². The third kappa shape index (κ3) is 8.54. The Morgan fingerprint density at radius 1 is 0.864 bits per heavy atom. The number of methoxy groups -OCH3 is 1. The Kier molecular flexibility index (Phi) is 13.7. The lowest BCUT2D eigenvalue weighted by atomic mass is 9.65. The summed E-state index contributed by atoms with van der Waals surface area (Å²) >= 11 is 0. The number of nitrogens with zero attached hydrogens (tertiary/aromatic N) is 3. The molecule has 5 aromatic rings. The highest BCUT2D eigenvalue weighted by Gasteiger charge is 2.76. The van der Waals surface area contributed by atoms with Gasteiger partial charge in [0.25, 0.3) is 0 Å². The number of benzene rings is 4. The van der Waals surface area contributed by atoms with Crippen molar-refractivity contribution in [1.82, 2.24) is 20.5 Å². The molecule has 5 N–H and O–H groups in total. The van der Waals surface area contributed by atoms with Crippen LogP contribution in [0, 0.1) is 17.8 Å². The molecule has 3 aliphatic rings. The Morgan fingerprint density at radius 3 is 2.30 bits per heavy atom. The first-order chi connectivity index (χ1) is 32.2. The highest BCUT2D eigenvalue weighted by atomic mass is 16.6. The minimum absolute atomic E-state index is 0.0282. The third-order valence-corrected chi connectivity index (χ3v) is 12.0. The van der Waals surface area contributed by atoms with E-state index < -0.39 is 65.5 Å². The van der Waals surface area contributed by atoms with Gasteiger partial charge in [0.1, 0.15) is 36.5 Å². The van der Waals surface area contributed by atoms with E-state index in [1.54, 1.807) is 54.7 Å². The van der Waals surface area contributed by atoms with Crippen molar-refractivity contribution in [2.75, 3.05) is 51.5 Å². The molecule has 0 aliphatic carbocycles. The van der Waals surface area contributed by atoms with Gasteiger partial charge in [0.05, 0.1) is 43.4 Å². The summed E-state index contributed by atoms with van der Waals surface area (Å²) in [5.41, 5.74) is 6.26. The number of hydrogen-bond acceptors (Lipinski definition) is 12. The summed E-state index contributed by atoms with van der Waals surface area (Å²) in [6, 6.07) is 31.4. The number of aromatic nitrogens is 1. The third-order valence-electron chi connectivity index (χ3n) is 12.0. The summed E-state index contributed by atoms with van der Waals surface area (Å²) in [5, 5.41) is 15.5. The summed E-state index contributed by atoms with van der Waals surface area (Å²) in [4.78, 5) is 80.4. The topological polar surface area (TPSA) is 212 Å². The summed E-state index contributed by atoms with van der Waals surface area (Å²) in [6.45, 7) is -0.678. The van der Waals surface area contributed by atoms with Crippen LogP contribution in [0.15, 0.2) is 128 Å². The fourth-order valence-corrected chi connectivity index (χ4v) is 9.45. The van der Waals surface area contributed by atoms with Gasteiger partial charge in [0.2, 0.25) is 11.8 Å². The number of pyridine rings is 1. The molecule has 1 spiro atoms. The molecule has 6 atom stereocenters. The molecular weight excluding hydrogens is 845 g/mol. The number of imide groups is 1. The predicted octanol–water partition coefficient (Wildman–Crippen LogP) is 4.28. The first kappa shape index (κ1) is 45.0. The van der Waals surface area contributed by atoms with Gasteiger partial charge < -0.3 is 40.4 Å². The molecule has 16 heteroatoms. The number of cyclic esters (lactones) is 1. The zero-order chi connectivity index (χ0) is 46.2. The number of nitrogens with two attached hydrogens (primary N) is 1. The minimum Gasteiger partial charge on any atom is -0.491 e. The van der Waals surface area contributed by atoms with E-state index in [0.717, 1.165) is 4.90 Å². The van der Waals surface area contributed by atoms with Crippen LogP contribution in [0.4, 0.5) is 15.3 Å². The number of morpholine rings is 1. The van der Waals surface area contributed by atoms with E-state index in [-0.39, 0.29) is 56.5 Å². The first-order valence-electron chi connectivity index (χ1n) is 21.5. The van der Waals surface area contributed by atoms with Crippen LogP contribution in [-0.4, -0.2) is 97.6 Å². The molecule has 0 saturated carbocycles. The van der Waals surface area contributed by atoms with Gasteiger partial charge in [-0.1, -0.05) is 96.8 Å². The van der Waals surface area contributed by atoms with E-state index in [9.17, 15) is 14.7 Å². The average Bonchev–Trinajstić information content (AvgIpc) is 3.79. The number of aliphatic hydroxyl groups excluding tert-OH is 1. The minimum atomic E-state index is -2.13. The normalized spacial score (nSPS) is 21.8. The van der Waals surface area contributed by atoms with Crippen LogP contribution in [0.25, 0.3) is 0 Å². The number of urea groups is 1. The molecule has 16 nitrogen and oxygen atoms in total. The number of primary amides is 1. The van der Waals surface area contributed by atoms with Gasteiger partial charge in [-0.3, -0.25) is 24.3 Å². The molecule has 4 heterocycles. The fourth-order valence-electron chi connectivity index (χ4n) is 9.45. The van der Waals surface area contributed by atoms with Crippen molar-refractivity contribution >= 4 is 35.6 Å². The average molecular weight is 893 g/mol. The molecule has 8 rings (SSSR count). The molecule has 0 unspecified atom stereocenters. The maximum atomic E-state index is 16.3. The molecule has 66 heavy (non-hydrogen) atoms. The number of fused-ring (bicyclic) bond motifs is 3. The maximum Gasteiger partial charge on any atom is 0.421 e. The highest BCUT2D eigenvalue weighted by molar-refractivity contribution is 6.23. The Hall–Kier alpha value is -7.58. The number of nitrogens with one attached hydrogen (secondary N) is 2. The smallest absolute Gasteiger partial charge is 0.421 e. The van der Waals surface area contributed by atoms with Crippen LogP contribution in [0.3, 0.4) is 0 Å². The van der Waals surface area contributed by atoms with Crippen LogP contribution in [0.1, 0.15) is 51.7 Å². The number of anilines is 1. The van der Waals surface area contributed by atoms with Gasteiger partial charge in [0.15, 0.2) is 0 Å². The van der Waals surface area contributed by atoms with E-state index in [0.29, 0.717) is 34.4 Å². The Bertz CT molecular complexity index is 2640. The second-order valence-electron chi connectivity index (χ2n) is 15.7. The molecule has 0 radical (unpaired) electrons. The molecule has 2 saturated heterocycles. The van der Waals surface area contributed by atoms with E-state index in [4.69, 9.17) is 24.7 Å². The Morgan fingerprint density at radius 2 is 1.59 bits per heavy atom. The van der Waals surface area contributed by atoms with Crippen LogP contribution >= 0.6 is 0 Å². The summed E-state index contributed by atoms with van der Waals surface area (Å²) in [5.74, 6) is 2.25. The molecule has 1 aromatic heterocycles. The second-order valence-corrected chi connectivity index (χ2v) is 15.7. The van der Waals surface area contributed by atoms with Crippen LogP contribution in [0.5, 0.6) is 5.75 Å². The van der Waals surface area contributed by atoms with E-state index in [2.05, 4.69) is 27.5 Å². The molecule has 5 amide bonds. The Labute approximate surface area is 381 Å². The molecule has 338 valence electrons. The number of carbonyl (C=O) groups is 5. The van der Waals surface area contributed by atoms with Gasteiger partial charge in [-0.25, -0.2) is 14.5 Å². The Balaban J connectivity index is 1.44. The van der Waals surface area contributed by atoms with Crippen molar-refractivity contribution < 1.29 is 48.0 Å². The molecule has 2 fully saturated rings. The number of para-hydroxylation sites is 1. The van der Waals surface area contributed by atoms with Crippen LogP contribution in [-0.2, 0) is 40.4 Å². The lowest BCUT2D eigenvalue weighted by molar-refractivity contribution is -0.178. The van der Waals surface area contributed by atoms with Crippen molar-refractivity contribution in [2.45, 2.75) is 36.1 Å². The number of amides is 5. The molecule has 3 aliphatic heterocycles. The number of hydrogen-bond donors (Lipinski definition) is 4. The number of ether oxygens (including phenoxy) is 4. The van der Waals surface area contributed by atoms with Crippen LogP contribution in [0.2, 0.25) is 0 Å². The highest BCUT2D eigenvalue weighted by Crippen LogP contribution is 2.66. The molecular formula is C50H48N6O10. The first-order valence-corrected chi connectivity index (χ1v) is 21.5. The number of carbonyl (C=O) groups excluding carboxylic acids is 5. The van der Waals surface area contributed by atoms with Gasteiger partial charge in [0, 0.05) is 43.1 Å². The molecule has 4 aromatic carbocycles. The largest absolute Gasteiger partial charge is 0.491 e. The van der Waals surface area contributed by atoms with Crippen molar-refractivity contribution in [2.24, 2.45) is 11.7 Å². The lowest BCUT2D eigenvalue weighted by Gasteiger charge is -2.46. The molecule has 0 bridgehead atoms. The van der Waals surface area contributed by atoms with Crippen molar-refractivity contribution in [3.05, 3.63) is 161 Å². The standard InChI is InChI=1S/C50H48N6O10/c1-63-29-30-65-49(62)55-38-22-21-32(13-12-25-54-48(51)61)31-37(38)50(47(55)60)40(45(58)53-26-23-35-18-10-11-24-52-35)42-46(59)66-43(34-16-6-3-7-17-34)41(33-14-4-2-5-15-33)56(42)44(50)36-19-8-9-20-39(36)64-28-27-57/h2-11,14-22,24,31,40-44,57H,23,25-30H2,1H3,(H,53,58)(H3,51,54,61)/t40-,41-,42-,43+,44+,50-/m0/s1. The second kappa shape index (κ2) is 20.1. The quantitative estimate of drug-likeness (QED) is 0.0700. The van der Waals surface area contributed by atoms with Gasteiger partial charge in [-0.2, -0.15) is 0 Å². The SMILES string of the molecule is COCCOC(=O)N1C(=O)[C@@]2(c3cc(C#CCNC(N)=O)ccc31)[C@H](C(=O)NCCc1ccccn1)[C@H]1C(=O)O[C@H](c3ccccc3)[C@H](c3ccccc3)N1[C@@H]2c1ccccc1OCCO. The maximum absolute atomic E-state index is 16.3. The van der Waals surface area contributed by atoms with Gasteiger partial charge in [-0.05, 0) is 53.1 Å². The van der Waals surface area contributed by atoms with Crippen LogP contribution < -0.4 is 26.0 Å².